The van der Waals surface area contributed by atoms with Crippen LogP contribution in [-0.2, 0) is 0 Å². The van der Waals surface area contributed by atoms with Gasteiger partial charge in [0.05, 0.1) is 5.52 Å². The third-order valence-electron chi connectivity index (χ3n) is 3.24. The Hall–Kier alpha value is -1.84. The van der Waals surface area contributed by atoms with E-state index in [0.717, 1.165) is 22.2 Å². The fourth-order valence-corrected chi connectivity index (χ4v) is 3.12. The second-order valence-electron chi connectivity index (χ2n) is 4.65. The molecule has 0 saturated carbocycles. The van der Waals surface area contributed by atoms with Crippen molar-refractivity contribution in [2.45, 2.75) is 10.9 Å². The van der Waals surface area contributed by atoms with Crippen molar-refractivity contribution < 1.29 is 0 Å². The van der Waals surface area contributed by atoms with Gasteiger partial charge in [0.25, 0.3) is 0 Å². The van der Waals surface area contributed by atoms with E-state index in [1.54, 1.807) is 11.8 Å². The number of para-hydroxylation sites is 1. The number of rotatable bonds is 4. The van der Waals surface area contributed by atoms with Crippen LogP contribution in [0.25, 0.3) is 10.9 Å². The first kappa shape index (κ1) is 13.2. The van der Waals surface area contributed by atoms with Gasteiger partial charge in [-0.1, -0.05) is 42.5 Å². The van der Waals surface area contributed by atoms with Crippen molar-refractivity contribution in [2.75, 3.05) is 5.75 Å². The van der Waals surface area contributed by atoms with Gasteiger partial charge >= 0.3 is 0 Å². The summed E-state index contributed by atoms with van der Waals surface area (Å²) in [5.74, 6) is 0.847. The maximum Gasteiger partial charge on any atom is 0.0749 e. The summed E-state index contributed by atoms with van der Waals surface area (Å²) in [5.41, 5.74) is 8.48. The number of nitrogens with zero attached hydrogens (tertiary/aromatic N) is 1. The quantitative estimate of drug-likeness (QED) is 0.733. The molecular formula is C17H16N2S. The molecule has 1 unspecified atom stereocenters. The molecule has 0 aliphatic carbocycles. The van der Waals surface area contributed by atoms with Crippen LogP contribution in [0.3, 0.4) is 0 Å². The Labute approximate surface area is 123 Å². The van der Waals surface area contributed by atoms with Crippen molar-refractivity contribution in [3.8, 4) is 0 Å². The lowest BCUT2D eigenvalue weighted by Gasteiger charge is -2.13. The molecule has 0 radical (unpaired) electrons. The van der Waals surface area contributed by atoms with E-state index in [-0.39, 0.29) is 6.04 Å². The van der Waals surface area contributed by atoms with E-state index in [1.165, 1.54) is 4.90 Å². The summed E-state index contributed by atoms with van der Waals surface area (Å²) < 4.78 is 0. The maximum atomic E-state index is 6.35. The maximum absolute atomic E-state index is 6.35. The number of hydrogen-bond donors (Lipinski definition) is 1. The Morgan fingerprint density at radius 2 is 1.75 bits per heavy atom. The first-order valence-corrected chi connectivity index (χ1v) is 7.60. The van der Waals surface area contributed by atoms with Crippen molar-refractivity contribution in [1.29, 1.82) is 0 Å². The minimum Gasteiger partial charge on any atom is -0.323 e. The lowest BCUT2D eigenvalue weighted by molar-refractivity contribution is 0.837. The van der Waals surface area contributed by atoms with Crippen LogP contribution in [0.1, 0.15) is 11.6 Å². The minimum atomic E-state index is -0.0150. The van der Waals surface area contributed by atoms with Gasteiger partial charge in [-0.3, -0.25) is 4.98 Å². The SMILES string of the molecule is NC(CSc1ccccc1)c1cccc2cccnc12. The molecule has 2 nitrogen and oxygen atoms in total. The fraction of sp³-hybridized carbons (Fsp3) is 0.118. The average molecular weight is 280 g/mol. The van der Waals surface area contributed by atoms with Crippen molar-refractivity contribution in [1.82, 2.24) is 4.98 Å². The molecule has 1 atom stereocenters. The molecule has 0 aliphatic heterocycles. The van der Waals surface area contributed by atoms with Crippen LogP contribution >= 0.6 is 11.8 Å². The van der Waals surface area contributed by atoms with Gasteiger partial charge in [-0.15, -0.1) is 11.8 Å². The van der Waals surface area contributed by atoms with Crippen LogP contribution < -0.4 is 5.73 Å². The number of benzene rings is 2. The van der Waals surface area contributed by atoms with Crippen LogP contribution in [0, 0.1) is 0 Å². The Morgan fingerprint density at radius 3 is 2.60 bits per heavy atom. The van der Waals surface area contributed by atoms with E-state index < -0.39 is 0 Å². The van der Waals surface area contributed by atoms with Crippen molar-refractivity contribution >= 4 is 22.7 Å². The average Bonchev–Trinajstić information content (AvgIpc) is 2.53. The van der Waals surface area contributed by atoms with E-state index in [2.05, 4.69) is 35.3 Å². The standard InChI is InChI=1S/C17H16N2S/c18-16(12-20-14-8-2-1-3-9-14)15-10-4-6-13-7-5-11-19-17(13)15/h1-11,16H,12,18H2. The zero-order valence-electron chi connectivity index (χ0n) is 11.1. The van der Waals surface area contributed by atoms with Gasteiger partial charge in [0, 0.05) is 28.3 Å². The van der Waals surface area contributed by atoms with E-state index in [9.17, 15) is 0 Å². The summed E-state index contributed by atoms with van der Waals surface area (Å²) in [7, 11) is 0. The first-order valence-electron chi connectivity index (χ1n) is 6.61. The predicted octanol–water partition coefficient (Wildman–Crippen LogP) is 4.03. The highest BCUT2D eigenvalue weighted by molar-refractivity contribution is 7.99. The largest absolute Gasteiger partial charge is 0.323 e. The number of fused-ring (bicyclic) bond motifs is 1. The Morgan fingerprint density at radius 1 is 0.950 bits per heavy atom. The number of thioether (sulfide) groups is 1. The Balaban J connectivity index is 1.80. The summed E-state index contributed by atoms with van der Waals surface area (Å²) in [5, 5.41) is 1.14. The van der Waals surface area contributed by atoms with Gasteiger partial charge in [-0.05, 0) is 23.8 Å². The van der Waals surface area contributed by atoms with Crippen molar-refractivity contribution in [2.24, 2.45) is 5.73 Å². The van der Waals surface area contributed by atoms with Crippen LogP contribution in [-0.4, -0.2) is 10.7 Å². The highest BCUT2D eigenvalue weighted by Gasteiger charge is 2.11. The van der Waals surface area contributed by atoms with E-state index in [0.29, 0.717) is 0 Å². The van der Waals surface area contributed by atoms with E-state index in [4.69, 9.17) is 5.73 Å². The Bertz CT molecular complexity index is 692. The normalized spacial score (nSPS) is 12.4. The summed E-state index contributed by atoms with van der Waals surface area (Å²) in [6.07, 6.45) is 1.82. The molecule has 2 aromatic carbocycles. The molecule has 3 heteroatoms. The molecule has 0 saturated heterocycles. The summed E-state index contributed by atoms with van der Waals surface area (Å²) in [6.45, 7) is 0. The van der Waals surface area contributed by atoms with Crippen LogP contribution in [0.2, 0.25) is 0 Å². The first-order chi connectivity index (χ1) is 9.84. The summed E-state index contributed by atoms with van der Waals surface area (Å²) in [6, 6.07) is 20.6. The molecule has 20 heavy (non-hydrogen) atoms. The molecule has 1 aromatic heterocycles. The van der Waals surface area contributed by atoms with Gasteiger partial charge < -0.3 is 5.73 Å². The second kappa shape index (κ2) is 6.07. The lowest BCUT2D eigenvalue weighted by Crippen LogP contribution is -2.13. The van der Waals surface area contributed by atoms with Crippen molar-refractivity contribution in [3.63, 3.8) is 0 Å². The summed E-state index contributed by atoms with van der Waals surface area (Å²) >= 11 is 1.78. The molecule has 0 amide bonds. The molecule has 3 aromatic rings. The summed E-state index contributed by atoms with van der Waals surface area (Å²) in [4.78, 5) is 5.71. The van der Waals surface area contributed by atoms with Gasteiger partial charge in [-0.25, -0.2) is 0 Å². The molecule has 2 N–H and O–H groups in total. The van der Waals surface area contributed by atoms with Gasteiger partial charge in [0.15, 0.2) is 0 Å². The van der Waals surface area contributed by atoms with Crippen LogP contribution in [0.15, 0.2) is 71.8 Å². The highest BCUT2D eigenvalue weighted by Crippen LogP contribution is 2.26. The van der Waals surface area contributed by atoms with Crippen LogP contribution in [0.5, 0.6) is 0 Å². The molecule has 0 bridgehead atoms. The third-order valence-corrected chi connectivity index (χ3v) is 4.37. The number of nitrogens with two attached hydrogens (primary N) is 1. The predicted molar refractivity (Wildman–Crippen MR) is 85.8 cm³/mol. The lowest BCUT2D eigenvalue weighted by atomic mass is 10.0. The van der Waals surface area contributed by atoms with Crippen molar-refractivity contribution in [3.05, 3.63) is 72.4 Å². The molecular weight excluding hydrogens is 264 g/mol. The van der Waals surface area contributed by atoms with E-state index >= 15 is 0 Å². The Kier molecular flexibility index (Phi) is 4.00. The molecule has 0 aliphatic rings. The zero-order valence-corrected chi connectivity index (χ0v) is 11.9. The molecule has 0 spiro atoms. The third kappa shape index (κ3) is 2.84. The monoisotopic (exact) mass is 280 g/mol. The molecule has 1 heterocycles. The number of hydrogen-bond acceptors (Lipinski definition) is 3. The fourth-order valence-electron chi connectivity index (χ4n) is 2.22. The smallest absolute Gasteiger partial charge is 0.0749 e. The minimum absolute atomic E-state index is 0.0150. The molecule has 100 valence electrons. The zero-order chi connectivity index (χ0) is 13.8. The topological polar surface area (TPSA) is 38.9 Å². The molecule has 3 rings (SSSR count). The number of aromatic nitrogens is 1. The highest BCUT2D eigenvalue weighted by atomic mass is 32.2. The van der Waals surface area contributed by atoms with Crippen LogP contribution in [0.4, 0.5) is 0 Å². The molecule has 0 fully saturated rings. The van der Waals surface area contributed by atoms with Gasteiger partial charge in [0.2, 0.25) is 0 Å². The second-order valence-corrected chi connectivity index (χ2v) is 5.75. The van der Waals surface area contributed by atoms with Gasteiger partial charge in [0.1, 0.15) is 0 Å². The van der Waals surface area contributed by atoms with Gasteiger partial charge in [-0.2, -0.15) is 0 Å². The number of pyridine rings is 1. The van der Waals surface area contributed by atoms with E-state index in [1.807, 2.05) is 36.5 Å².